The number of nitrogen functional groups attached to an aromatic ring is 1. The number of hydrogen-bond donors (Lipinski definition) is 3. The molecule has 0 spiro atoms. The summed E-state index contributed by atoms with van der Waals surface area (Å²) in [7, 11) is 1.74. The van der Waals surface area contributed by atoms with E-state index in [9.17, 15) is 0 Å². The first-order valence-electron chi connectivity index (χ1n) is 3.00. The van der Waals surface area contributed by atoms with Crippen LogP contribution in [0.25, 0.3) is 0 Å². The molecule has 54 valence electrons. The van der Waals surface area contributed by atoms with Crippen LogP contribution in [0.5, 0.6) is 5.75 Å². The van der Waals surface area contributed by atoms with Crippen molar-refractivity contribution < 1.29 is 5.11 Å². The van der Waals surface area contributed by atoms with Gasteiger partial charge in [-0.15, -0.1) is 0 Å². The van der Waals surface area contributed by atoms with Crippen LogP contribution in [0.4, 0.5) is 11.4 Å². The van der Waals surface area contributed by atoms with E-state index in [2.05, 4.69) is 5.32 Å². The SMILES string of the molecule is CNc1ccc(N)cc1O. The number of anilines is 2. The van der Waals surface area contributed by atoms with E-state index in [1.54, 1.807) is 19.2 Å². The monoisotopic (exact) mass is 138 g/mol. The maximum atomic E-state index is 9.15. The zero-order valence-electron chi connectivity index (χ0n) is 5.76. The van der Waals surface area contributed by atoms with Crippen LogP contribution in [0.2, 0.25) is 0 Å². The molecule has 4 N–H and O–H groups in total. The summed E-state index contributed by atoms with van der Waals surface area (Å²) in [6.07, 6.45) is 0. The molecule has 10 heavy (non-hydrogen) atoms. The minimum Gasteiger partial charge on any atom is -0.506 e. The molecule has 1 rings (SSSR count). The summed E-state index contributed by atoms with van der Waals surface area (Å²) >= 11 is 0. The van der Waals surface area contributed by atoms with Gasteiger partial charge in [-0.2, -0.15) is 0 Å². The standard InChI is InChI=1S/C7H10N2O/c1-9-6-3-2-5(8)4-7(6)10/h2-4,9-10H,8H2,1H3. The van der Waals surface area contributed by atoms with E-state index < -0.39 is 0 Å². The predicted molar refractivity (Wildman–Crippen MR) is 42.1 cm³/mol. The molecular weight excluding hydrogens is 128 g/mol. The first kappa shape index (κ1) is 6.74. The van der Waals surface area contributed by atoms with Gasteiger partial charge in [0.25, 0.3) is 0 Å². The molecule has 0 unspecified atom stereocenters. The minimum atomic E-state index is 0.183. The highest BCUT2D eigenvalue weighted by atomic mass is 16.3. The molecule has 0 radical (unpaired) electrons. The average Bonchev–Trinajstić information content (AvgIpc) is 1.88. The summed E-state index contributed by atoms with van der Waals surface area (Å²) in [5, 5.41) is 12.0. The van der Waals surface area contributed by atoms with Gasteiger partial charge in [-0.25, -0.2) is 0 Å². The second-order valence-electron chi connectivity index (χ2n) is 2.03. The molecule has 0 heterocycles. The quantitative estimate of drug-likeness (QED) is 0.401. The number of nitrogens with two attached hydrogens (primary N) is 1. The van der Waals surface area contributed by atoms with Crippen molar-refractivity contribution >= 4 is 11.4 Å². The van der Waals surface area contributed by atoms with Gasteiger partial charge in [-0.05, 0) is 12.1 Å². The summed E-state index contributed by atoms with van der Waals surface area (Å²) in [4.78, 5) is 0. The Bertz CT molecular complexity index is 235. The molecule has 0 saturated carbocycles. The first-order chi connectivity index (χ1) is 4.74. The van der Waals surface area contributed by atoms with Crippen LogP contribution in [0.1, 0.15) is 0 Å². The van der Waals surface area contributed by atoms with Gasteiger partial charge in [-0.3, -0.25) is 0 Å². The Morgan fingerprint density at radius 3 is 2.70 bits per heavy atom. The van der Waals surface area contributed by atoms with Gasteiger partial charge >= 0.3 is 0 Å². The molecule has 0 atom stereocenters. The molecule has 3 nitrogen and oxygen atoms in total. The molecule has 0 fully saturated rings. The minimum absolute atomic E-state index is 0.183. The van der Waals surface area contributed by atoms with Gasteiger partial charge in [0.05, 0.1) is 5.69 Å². The molecular formula is C7H10N2O. The highest BCUT2D eigenvalue weighted by molar-refractivity contribution is 5.61. The molecule has 0 aliphatic heterocycles. The molecule has 0 saturated heterocycles. The summed E-state index contributed by atoms with van der Waals surface area (Å²) in [5.74, 6) is 0.183. The Kier molecular flexibility index (Phi) is 1.67. The third-order valence-electron chi connectivity index (χ3n) is 1.29. The van der Waals surface area contributed by atoms with Crippen molar-refractivity contribution in [2.24, 2.45) is 0 Å². The van der Waals surface area contributed by atoms with E-state index in [-0.39, 0.29) is 5.75 Å². The second-order valence-corrected chi connectivity index (χ2v) is 2.03. The Labute approximate surface area is 59.5 Å². The lowest BCUT2D eigenvalue weighted by molar-refractivity contribution is 0.478. The molecule has 0 aromatic heterocycles. The van der Waals surface area contributed by atoms with Crippen LogP contribution >= 0.6 is 0 Å². The smallest absolute Gasteiger partial charge is 0.140 e. The molecule has 0 bridgehead atoms. The lowest BCUT2D eigenvalue weighted by Gasteiger charge is -2.02. The van der Waals surface area contributed by atoms with Crippen LogP contribution in [-0.4, -0.2) is 12.2 Å². The fourth-order valence-corrected chi connectivity index (χ4v) is 0.760. The normalized spacial score (nSPS) is 9.30. The molecule has 0 aliphatic rings. The fraction of sp³-hybridized carbons (Fsp3) is 0.143. The summed E-state index contributed by atoms with van der Waals surface area (Å²) in [6.45, 7) is 0. The second kappa shape index (κ2) is 2.47. The third-order valence-corrected chi connectivity index (χ3v) is 1.29. The Balaban J connectivity index is 3.07. The Hall–Kier alpha value is -1.38. The molecule has 1 aromatic carbocycles. The van der Waals surface area contributed by atoms with Gasteiger partial charge in [0.15, 0.2) is 0 Å². The highest BCUT2D eigenvalue weighted by Gasteiger charge is 1.96. The summed E-state index contributed by atoms with van der Waals surface area (Å²) < 4.78 is 0. The van der Waals surface area contributed by atoms with Crippen molar-refractivity contribution in [3.05, 3.63) is 18.2 Å². The fourth-order valence-electron chi connectivity index (χ4n) is 0.760. The number of nitrogens with one attached hydrogen (secondary N) is 1. The largest absolute Gasteiger partial charge is 0.506 e. The van der Waals surface area contributed by atoms with E-state index in [1.165, 1.54) is 6.07 Å². The van der Waals surface area contributed by atoms with Crippen molar-refractivity contribution in [2.45, 2.75) is 0 Å². The van der Waals surface area contributed by atoms with E-state index in [0.29, 0.717) is 11.4 Å². The van der Waals surface area contributed by atoms with E-state index in [4.69, 9.17) is 10.8 Å². The van der Waals surface area contributed by atoms with Crippen molar-refractivity contribution in [3.8, 4) is 5.75 Å². The lowest BCUT2D eigenvalue weighted by Crippen LogP contribution is -1.90. The zero-order valence-corrected chi connectivity index (χ0v) is 5.76. The molecule has 0 aliphatic carbocycles. The number of hydrogen-bond acceptors (Lipinski definition) is 3. The Morgan fingerprint density at radius 1 is 1.50 bits per heavy atom. The van der Waals surface area contributed by atoms with Crippen molar-refractivity contribution in [3.63, 3.8) is 0 Å². The maximum absolute atomic E-state index is 9.15. The lowest BCUT2D eigenvalue weighted by atomic mass is 10.2. The highest BCUT2D eigenvalue weighted by Crippen LogP contribution is 2.24. The van der Waals surface area contributed by atoms with Gasteiger partial charge in [0, 0.05) is 18.8 Å². The topological polar surface area (TPSA) is 58.3 Å². The van der Waals surface area contributed by atoms with Crippen LogP contribution in [0.15, 0.2) is 18.2 Å². The number of phenols is 1. The maximum Gasteiger partial charge on any atom is 0.140 e. The Morgan fingerprint density at radius 2 is 2.20 bits per heavy atom. The average molecular weight is 138 g/mol. The summed E-state index contributed by atoms with van der Waals surface area (Å²) in [6, 6.07) is 4.96. The van der Waals surface area contributed by atoms with Gasteiger partial charge in [0.1, 0.15) is 5.75 Å². The van der Waals surface area contributed by atoms with Crippen molar-refractivity contribution in [1.82, 2.24) is 0 Å². The molecule has 3 heteroatoms. The third kappa shape index (κ3) is 1.13. The van der Waals surface area contributed by atoms with Crippen molar-refractivity contribution in [2.75, 3.05) is 18.1 Å². The van der Waals surface area contributed by atoms with Crippen LogP contribution in [0, 0.1) is 0 Å². The number of aromatic hydroxyl groups is 1. The van der Waals surface area contributed by atoms with E-state index >= 15 is 0 Å². The van der Waals surface area contributed by atoms with Gasteiger partial charge in [0.2, 0.25) is 0 Å². The molecule has 1 aromatic rings. The van der Waals surface area contributed by atoms with Gasteiger partial charge in [-0.1, -0.05) is 0 Å². The number of benzene rings is 1. The summed E-state index contributed by atoms with van der Waals surface area (Å²) in [5.41, 5.74) is 6.65. The number of rotatable bonds is 1. The van der Waals surface area contributed by atoms with Crippen molar-refractivity contribution in [1.29, 1.82) is 0 Å². The van der Waals surface area contributed by atoms with Crippen LogP contribution in [0.3, 0.4) is 0 Å². The number of phenolic OH excluding ortho intramolecular Hbond substituents is 1. The van der Waals surface area contributed by atoms with Gasteiger partial charge < -0.3 is 16.2 Å². The predicted octanol–water partition coefficient (Wildman–Crippen LogP) is 1.02. The van der Waals surface area contributed by atoms with Crippen LogP contribution < -0.4 is 11.1 Å². The van der Waals surface area contributed by atoms with E-state index in [1.807, 2.05) is 0 Å². The zero-order chi connectivity index (χ0) is 7.56. The first-order valence-corrected chi connectivity index (χ1v) is 3.00. The van der Waals surface area contributed by atoms with Crippen LogP contribution in [-0.2, 0) is 0 Å². The van der Waals surface area contributed by atoms with E-state index in [0.717, 1.165) is 0 Å². The molecule has 0 amide bonds.